The van der Waals surface area contributed by atoms with Crippen LogP contribution in [0.15, 0.2) is 30.3 Å². The third kappa shape index (κ3) is 5.30. The molecule has 106 valence electrons. The first kappa shape index (κ1) is 15.5. The molecule has 1 aromatic rings. The van der Waals surface area contributed by atoms with Crippen LogP contribution in [-0.4, -0.2) is 29.5 Å². The predicted molar refractivity (Wildman–Crippen MR) is 62.8 cm³/mol. The van der Waals surface area contributed by atoms with Gasteiger partial charge < -0.3 is 9.84 Å². The number of halogens is 3. The molecule has 0 saturated carbocycles. The van der Waals surface area contributed by atoms with Crippen LogP contribution in [0.2, 0.25) is 0 Å². The Hall–Kier alpha value is -1.56. The van der Waals surface area contributed by atoms with Crippen molar-refractivity contribution in [3.63, 3.8) is 0 Å². The van der Waals surface area contributed by atoms with E-state index in [1.54, 1.807) is 30.3 Å². The van der Waals surface area contributed by atoms with E-state index in [0.717, 1.165) is 12.5 Å². The third-order valence-corrected chi connectivity index (χ3v) is 2.74. The van der Waals surface area contributed by atoms with Crippen LogP contribution in [0.5, 0.6) is 0 Å². The van der Waals surface area contributed by atoms with E-state index in [1.807, 2.05) is 0 Å². The maximum absolute atomic E-state index is 12.1. The molecule has 0 aliphatic carbocycles. The molecule has 1 aromatic carbocycles. The highest BCUT2D eigenvalue weighted by atomic mass is 19.4. The number of hydrogen-bond donors (Lipinski definition) is 1. The zero-order chi connectivity index (χ0) is 14.5. The Morgan fingerprint density at radius 2 is 1.84 bits per heavy atom. The van der Waals surface area contributed by atoms with E-state index >= 15 is 0 Å². The second-order valence-corrected chi connectivity index (χ2v) is 4.43. The Morgan fingerprint density at radius 3 is 2.32 bits per heavy atom. The van der Waals surface area contributed by atoms with Crippen molar-refractivity contribution in [3.8, 4) is 0 Å². The normalized spacial score (nSPS) is 14.9. The van der Waals surface area contributed by atoms with Crippen LogP contribution in [0.1, 0.15) is 18.9 Å². The lowest BCUT2D eigenvalue weighted by Gasteiger charge is -2.26. The van der Waals surface area contributed by atoms with Crippen LogP contribution in [0, 0.1) is 0 Å². The quantitative estimate of drug-likeness (QED) is 0.868. The van der Waals surface area contributed by atoms with Gasteiger partial charge in [-0.15, -0.1) is 0 Å². The average molecular weight is 276 g/mol. The number of carbonyl (C=O) groups is 1. The number of aryl methyl sites for hydroxylation is 1. The molecule has 6 heteroatoms. The number of carboxylic acids is 1. The summed E-state index contributed by atoms with van der Waals surface area (Å²) in [7, 11) is 0. The lowest BCUT2D eigenvalue weighted by molar-refractivity contribution is -0.211. The molecule has 1 unspecified atom stereocenters. The number of carboxylic acid groups (broad SMARTS) is 1. The first-order valence-electron chi connectivity index (χ1n) is 5.71. The van der Waals surface area contributed by atoms with Gasteiger partial charge in [0.05, 0.1) is 0 Å². The average Bonchev–Trinajstić information content (AvgIpc) is 2.34. The number of rotatable bonds is 6. The lowest BCUT2D eigenvalue weighted by Crippen LogP contribution is -2.41. The molecule has 0 aliphatic heterocycles. The van der Waals surface area contributed by atoms with Crippen LogP contribution in [-0.2, 0) is 16.0 Å². The number of alkyl halides is 3. The van der Waals surface area contributed by atoms with Gasteiger partial charge in [0.2, 0.25) is 0 Å². The topological polar surface area (TPSA) is 46.5 Å². The minimum atomic E-state index is -4.54. The highest BCUT2D eigenvalue weighted by molar-refractivity contribution is 5.76. The molecule has 0 bridgehead atoms. The molecule has 19 heavy (non-hydrogen) atoms. The molecule has 0 radical (unpaired) electrons. The zero-order valence-electron chi connectivity index (χ0n) is 10.4. The van der Waals surface area contributed by atoms with E-state index < -0.39 is 24.4 Å². The summed E-state index contributed by atoms with van der Waals surface area (Å²) in [4.78, 5) is 11.1. The summed E-state index contributed by atoms with van der Waals surface area (Å²) in [5.41, 5.74) is -0.990. The van der Waals surface area contributed by atoms with E-state index in [0.29, 0.717) is 6.42 Å². The van der Waals surface area contributed by atoms with Gasteiger partial charge in [-0.05, 0) is 25.3 Å². The summed E-state index contributed by atoms with van der Waals surface area (Å²) >= 11 is 0. The Kier molecular flexibility index (Phi) is 4.94. The van der Waals surface area contributed by atoms with Crippen molar-refractivity contribution in [1.29, 1.82) is 0 Å². The van der Waals surface area contributed by atoms with Crippen molar-refractivity contribution < 1.29 is 27.8 Å². The van der Waals surface area contributed by atoms with Crippen molar-refractivity contribution in [2.24, 2.45) is 0 Å². The van der Waals surface area contributed by atoms with Gasteiger partial charge >= 0.3 is 12.1 Å². The Balaban J connectivity index is 2.64. The number of benzene rings is 1. The fraction of sp³-hybridized carbons (Fsp3) is 0.462. The number of ether oxygens (including phenoxy) is 1. The van der Waals surface area contributed by atoms with E-state index in [2.05, 4.69) is 4.74 Å². The van der Waals surface area contributed by atoms with Crippen molar-refractivity contribution in [2.45, 2.75) is 31.5 Å². The molecular weight excluding hydrogens is 261 g/mol. The summed E-state index contributed by atoms with van der Waals surface area (Å²) in [6.07, 6.45) is -4.23. The van der Waals surface area contributed by atoms with Crippen molar-refractivity contribution >= 4 is 5.97 Å². The second-order valence-electron chi connectivity index (χ2n) is 4.43. The largest absolute Gasteiger partial charge is 0.479 e. The van der Waals surface area contributed by atoms with Gasteiger partial charge in [-0.25, -0.2) is 4.79 Å². The molecule has 0 saturated heterocycles. The molecule has 0 heterocycles. The van der Waals surface area contributed by atoms with Crippen LogP contribution < -0.4 is 0 Å². The van der Waals surface area contributed by atoms with Crippen LogP contribution in [0.3, 0.4) is 0 Å². The first-order valence-corrected chi connectivity index (χ1v) is 5.71. The van der Waals surface area contributed by atoms with Gasteiger partial charge in [0.15, 0.2) is 5.60 Å². The van der Waals surface area contributed by atoms with E-state index in [1.165, 1.54) is 0 Å². The fourth-order valence-corrected chi connectivity index (χ4v) is 1.51. The molecule has 0 fully saturated rings. The molecule has 1 rings (SSSR count). The van der Waals surface area contributed by atoms with Gasteiger partial charge in [-0.1, -0.05) is 30.3 Å². The number of hydrogen-bond acceptors (Lipinski definition) is 2. The van der Waals surface area contributed by atoms with Crippen LogP contribution in [0.4, 0.5) is 13.2 Å². The molecule has 0 amide bonds. The van der Waals surface area contributed by atoms with Crippen LogP contribution in [0.25, 0.3) is 0 Å². The third-order valence-electron chi connectivity index (χ3n) is 2.74. The molecule has 0 spiro atoms. The predicted octanol–water partition coefficient (Wildman–Crippen LogP) is 3.04. The Morgan fingerprint density at radius 1 is 1.26 bits per heavy atom. The van der Waals surface area contributed by atoms with Crippen molar-refractivity contribution in [2.75, 3.05) is 6.61 Å². The molecule has 0 aliphatic rings. The lowest BCUT2D eigenvalue weighted by atomic mass is 9.96. The van der Waals surface area contributed by atoms with E-state index in [9.17, 15) is 18.0 Å². The number of aliphatic carboxylic acids is 1. The summed E-state index contributed by atoms with van der Waals surface area (Å²) in [6.45, 7) is -0.408. The summed E-state index contributed by atoms with van der Waals surface area (Å²) in [5.74, 6) is -1.40. The zero-order valence-corrected chi connectivity index (χ0v) is 10.4. The minimum absolute atomic E-state index is 0.0254. The maximum Gasteiger partial charge on any atom is 0.411 e. The minimum Gasteiger partial charge on any atom is -0.479 e. The van der Waals surface area contributed by atoms with Crippen LogP contribution >= 0.6 is 0 Å². The highest BCUT2D eigenvalue weighted by Crippen LogP contribution is 2.24. The summed E-state index contributed by atoms with van der Waals surface area (Å²) in [6, 6.07) is 8.94. The summed E-state index contributed by atoms with van der Waals surface area (Å²) in [5, 5.41) is 9.02. The maximum atomic E-state index is 12.1. The smallest absolute Gasteiger partial charge is 0.411 e. The van der Waals surface area contributed by atoms with Gasteiger partial charge in [0, 0.05) is 0 Å². The van der Waals surface area contributed by atoms with Crippen molar-refractivity contribution in [3.05, 3.63) is 35.9 Å². The fourth-order valence-electron chi connectivity index (χ4n) is 1.51. The molecule has 1 atom stereocenters. The monoisotopic (exact) mass is 276 g/mol. The van der Waals surface area contributed by atoms with E-state index in [-0.39, 0.29) is 6.42 Å². The molecule has 3 nitrogen and oxygen atoms in total. The van der Waals surface area contributed by atoms with E-state index in [4.69, 9.17) is 5.11 Å². The van der Waals surface area contributed by atoms with Gasteiger partial charge in [0.25, 0.3) is 0 Å². The molecule has 1 N–H and O–H groups in total. The highest BCUT2D eigenvalue weighted by Gasteiger charge is 2.39. The Labute approximate surface area is 109 Å². The van der Waals surface area contributed by atoms with Crippen molar-refractivity contribution in [1.82, 2.24) is 0 Å². The Bertz CT molecular complexity index is 417. The first-order chi connectivity index (χ1) is 8.73. The molecule has 0 aromatic heterocycles. The van der Waals surface area contributed by atoms with Gasteiger partial charge in [-0.2, -0.15) is 13.2 Å². The standard InChI is InChI=1S/C13H15F3O3/c1-12(11(17)18,19-9-13(14,15)16)8-7-10-5-3-2-4-6-10/h2-6H,7-9H2,1H3,(H,17,18). The van der Waals surface area contributed by atoms with Gasteiger partial charge in [-0.3, -0.25) is 0 Å². The van der Waals surface area contributed by atoms with Gasteiger partial charge in [0.1, 0.15) is 6.61 Å². The summed E-state index contributed by atoms with van der Waals surface area (Å²) < 4.78 is 40.8. The SMILES string of the molecule is CC(CCc1ccccc1)(OCC(F)(F)F)C(=O)O. The second kappa shape index (κ2) is 6.06. The molecular formula is C13H15F3O3.